The van der Waals surface area contributed by atoms with Crippen molar-refractivity contribution in [2.45, 2.75) is 25.0 Å². The average molecular weight is 289 g/mol. The molecule has 1 heterocycles. The van der Waals surface area contributed by atoms with E-state index in [9.17, 15) is 8.78 Å². The Bertz CT molecular complexity index is 619. The lowest BCUT2D eigenvalue weighted by Gasteiger charge is -2.23. The highest BCUT2D eigenvalue weighted by Crippen LogP contribution is 2.30. The van der Waals surface area contributed by atoms with Crippen LogP contribution in [-0.4, -0.2) is 19.2 Å². The Hall–Kier alpha value is -1.94. The van der Waals surface area contributed by atoms with Crippen LogP contribution in [0.4, 0.5) is 8.78 Å². The Labute approximate surface area is 122 Å². The van der Waals surface area contributed by atoms with Crippen molar-refractivity contribution in [1.29, 1.82) is 0 Å². The van der Waals surface area contributed by atoms with E-state index >= 15 is 0 Å². The summed E-state index contributed by atoms with van der Waals surface area (Å²) in [6.07, 6.45) is 1.09. The normalized spacial score (nSPS) is 18.1. The Morgan fingerprint density at radius 2 is 2.00 bits per heavy atom. The van der Waals surface area contributed by atoms with Crippen LogP contribution in [0.25, 0.3) is 0 Å². The van der Waals surface area contributed by atoms with Crippen molar-refractivity contribution in [2.75, 3.05) is 7.05 Å². The summed E-state index contributed by atoms with van der Waals surface area (Å²) in [6.45, 7) is 0. The molecule has 0 fully saturated rings. The number of hydrogen-bond acceptors (Lipinski definition) is 2. The molecule has 0 radical (unpaired) electrons. The molecule has 1 aliphatic heterocycles. The first kappa shape index (κ1) is 14.0. The van der Waals surface area contributed by atoms with E-state index in [0.717, 1.165) is 23.8 Å². The van der Waals surface area contributed by atoms with Crippen LogP contribution >= 0.6 is 0 Å². The summed E-state index contributed by atoms with van der Waals surface area (Å²) in [4.78, 5) is 0. The molecule has 0 saturated carbocycles. The molecule has 3 rings (SSSR count). The molecule has 0 amide bonds. The first-order valence-corrected chi connectivity index (χ1v) is 7.03. The van der Waals surface area contributed by atoms with Gasteiger partial charge in [0.1, 0.15) is 11.9 Å². The van der Waals surface area contributed by atoms with E-state index in [4.69, 9.17) is 4.74 Å². The summed E-state index contributed by atoms with van der Waals surface area (Å²) < 4.78 is 33.0. The number of fused-ring (bicyclic) bond motifs is 1. The van der Waals surface area contributed by atoms with Gasteiger partial charge in [-0.05, 0) is 36.7 Å². The van der Waals surface area contributed by atoms with E-state index in [1.165, 1.54) is 6.07 Å². The van der Waals surface area contributed by atoms with Gasteiger partial charge in [0.15, 0.2) is 11.6 Å². The van der Waals surface area contributed by atoms with E-state index in [1.807, 2.05) is 31.3 Å². The quantitative estimate of drug-likeness (QED) is 0.934. The number of halogens is 2. The van der Waals surface area contributed by atoms with Crippen molar-refractivity contribution in [3.63, 3.8) is 0 Å². The molecule has 0 bridgehead atoms. The number of nitrogens with one attached hydrogen (secondary N) is 1. The van der Waals surface area contributed by atoms with Crippen molar-refractivity contribution in [1.82, 2.24) is 5.32 Å². The molecular weight excluding hydrogens is 272 g/mol. The van der Waals surface area contributed by atoms with Gasteiger partial charge in [0.05, 0.1) is 0 Å². The Kier molecular flexibility index (Phi) is 3.88. The van der Waals surface area contributed by atoms with Gasteiger partial charge < -0.3 is 10.1 Å². The number of ether oxygens (including phenoxy) is 1. The largest absolute Gasteiger partial charge is 0.488 e. The lowest BCUT2D eigenvalue weighted by Crippen LogP contribution is -2.42. The molecule has 2 unspecified atom stereocenters. The highest BCUT2D eigenvalue weighted by atomic mass is 19.2. The lowest BCUT2D eigenvalue weighted by atomic mass is 9.97. The summed E-state index contributed by atoms with van der Waals surface area (Å²) >= 11 is 0. The van der Waals surface area contributed by atoms with Crippen LogP contribution in [-0.2, 0) is 12.8 Å². The summed E-state index contributed by atoms with van der Waals surface area (Å²) in [5.74, 6) is -0.700. The van der Waals surface area contributed by atoms with Gasteiger partial charge in [-0.25, -0.2) is 8.78 Å². The zero-order valence-corrected chi connectivity index (χ0v) is 11.8. The number of likely N-dealkylation sites (N-methyl/N-ethyl adjacent to an activating group) is 1. The fraction of sp³-hybridized carbons (Fsp3) is 0.294. The number of para-hydroxylation sites is 1. The smallest absolute Gasteiger partial charge is 0.162 e. The Morgan fingerprint density at radius 1 is 1.19 bits per heavy atom. The Morgan fingerprint density at radius 3 is 2.76 bits per heavy atom. The molecule has 0 saturated heterocycles. The predicted octanol–water partition coefficient (Wildman–Crippen LogP) is 3.10. The van der Waals surface area contributed by atoms with Crippen LogP contribution in [0.2, 0.25) is 0 Å². The van der Waals surface area contributed by atoms with E-state index in [-0.39, 0.29) is 12.1 Å². The molecule has 2 nitrogen and oxygen atoms in total. The van der Waals surface area contributed by atoms with Crippen molar-refractivity contribution in [3.8, 4) is 5.75 Å². The molecule has 2 atom stereocenters. The third kappa shape index (κ3) is 2.76. The maximum atomic E-state index is 13.8. The summed E-state index contributed by atoms with van der Waals surface area (Å²) in [7, 11) is 1.81. The standard InChI is InChI=1S/C17H17F2NO/c1-20-14(9-12-6-4-7-13(18)17(12)19)16-10-11-5-2-3-8-15(11)21-16/h2-8,14,16,20H,9-10H2,1H3. The second kappa shape index (κ2) is 5.82. The molecule has 0 spiro atoms. The van der Waals surface area contributed by atoms with Crippen LogP contribution in [0.3, 0.4) is 0 Å². The molecular formula is C17H17F2NO. The van der Waals surface area contributed by atoms with Gasteiger partial charge in [0.2, 0.25) is 0 Å². The number of benzene rings is 2. The second-order valence-electron chi connectivity index (χ2n) is 5.28. The van der Waals surface area contributed by atoms with Crippen molar-refractivity contribution in [2.24, 2.45) is 0 Å². The first-order chi connectivity index (χ1) is 10.2. The van der Waals surface area contributed by atoms with E-state index in [2.05, 4.69) is 5.32 Å². The Balaban J connectivity index is 1.77. The molecule has 0 aliphatic carbocycles. The second-order valence-corrected chi connectivity index (χ2v) is 5.28. The van der Waals surface area contributed by atoms with Crippen LogP contribution < -0.4 is 10.1 Å². The van der Waals surface area contributed by atoms with Crippen LogP contribution in [0.5, 0.6) is 5.75 Å². The molecule has 0 aromatic heterocycles. The topological polar surface area (TPSA) is 21.3 Å². The van der Waals surface area contributed by atoms with Gasteiger partial charge in [-0.15, -0.1) is 0 Å². The molecule has 1 N–H and O–H groups in total. The lowest BCUT2D eigenvalue weighted by molar-refractivity contribution is 0.181. The molecule has 4 heteroatoms. The fourth-order valence-electron chi connectivity index (χ4n) is 2.80. The maximum absolute atomic E-state index is 13.8. The number of hydrogen-bond donors (Lipinski definition) is 1. The zero-order chi connectivity index (χ0) is 14.8. The minimum atomic E-state index is -0.807. The summed E-state index contributed by atoms with van der Waals surface area (Å²) in [6, 6.07) is 12.1. The highest BCUT2D eigenvalue weighted by Gasteiger charge is 2.30. The van der Waals surface area contributed by atoms with E-state index < -0.39 is 11.6 Å². The average Bonchev–Trinajstić information content (AvgIpc) is 2.92. The van der Waals surface area contributed by atoms with Gasteiger partial charge in [-0.2, -0.15) is 0 Å². The van der Waals surface area contributed by atoms with E-state index in [0.29, 0.717) is 12.0 Å². The minimum absolute atomic E-state index is 0.0740. The van der Waals surface area contributed by atoms with Gasteiger partial charge >= 0.3 is 0 Å². The summed E-state index contributed by atoms with van der Waals surface area (Å²) in [5.41, 5.74) is 1.52. The van der Waals surface area contributed by atoms with E-state index in [1.54, 1.807) is 6.07 Å². The predicted molar refractivity (Wildman–Crippen MR) is 77.5 cm³/mol. The van der Waals surface area contributed by atoms with Crippen molar-refractivity contribution >= 4 is 0 Å². The maximum Gasteiger partial charge on any atom is 0.162 e. The summed E-state index contributed by atoms with van der Waals surface area (Å²) in [5, 5.41) is 3.16. The molecule has 2 aromatic carbocycles. The third-order valence-electron chi connectivity index (χ3n) is 3.96. The third-order valence-corrected chi connectivity index (χ3v) is 3.96. The van der Waals surface area contributed by atoms with Gasteiger partial charge in [0.25, 0.3) is 0 Å². The van der Waals surface area contributed by atoms with Crippen LogP contribution in [0, 0.1) is 11.6 Å². The molecule has 110 valence electrons. The first-order valence-electron chi connectivity index (χ1n) is 7.03. The van der Waals surface area contributed by atoms with Crippen LogP contribution in [0.15, 0.2) is 42.5 Å². The molecule has 21 heavy (non-hydrogen) atoms. The molecule has 2 aromatic rings. The van der Waals surface area contributed by atoms with Gasteiger partial charge in [0, 0.05) is 12.5 Å². The minimum Gasteiger partial charge on any atom is -0.488 e. The number of rotatable bonds is 4. The van der Waals surface area contributed by atoms with Crippen LogP contribution in [0.1, 0.15) is 11.1 Å². The van der Waals surface area contributed by atoms with Gasteiger partial charge in [-0.3, -0.25) is 0 Å². The van der Waals surface area contributed by atoms with Crippen molar-refractivity contribution in [3.05, 3.63) is 65.2 Å². The zero-order valence-electron chi connectivity index (χ0n) is 11.8. The fourth-order valence-corrected chi connectivity index (χ4v) is 2.80. The SMILES string of the molecule is CNC(Cc1cccc(F)c1F)C1Cc2ccccc2O1. The molecule has 1 aliphatic rings. The highest BCUT2D eigenvalue weighted by molar-refractivity contribution is 5.38. The van der Waals surface area contributed by atoms with Gasteiger partial charge in [-0.1, -0.05) is 30.3 Å². The monoisotopic (exact) mass is 289 g/mol. The van der Waals surface area contributed by atoms with Crippen molar-refractivity contribution < 1.29 is 13.5 Å².